The highest BCUT2D eigenvalue weighted by atomic mass is 16.1. The number of Topliss-reactive ketones (excluding diaryl/α,β-unsaturated/α-hetero) is 1. The third-order valence-electron chi connectivity index (χ3n) is 3.38. The third kappa shape index (κ3) is 2.92. The van der Waals surface area contributed by atoms with Gasteiger partial charge in [-0.3, -0.25) is 4.79 Å². The number of nitrogens with zero attached hydrogens (tertiary/aromatic N) is 2. The van der Waals surface area contributed by atoms with Gasteiger partial charge in [-0.1, -0.05) is 48.0 Å². The zero-order valence-corrected chi connectivity index (χ0v) is 11.9. The molecule has 0 aliphatic carbocycles. The molecular weight excluding hydrogens is 260 g/mol. The van der Waals surface area contributed by atoms with Crippen LogP contribution in [0, 0.1) is 6.92 Å². The second kappa shape index (κ2) is 5.75. The van der Waals surface area contributed by atoms with Gasteiger partial charge in [-0.15, -0.1) is 0 Å². The van der Waals surface area contributed by atoms with Crippen LogP contribution in [0.2, 0.25) is 0 Å². The minimum atomic E-state index is 0.0713. The molecule has 3 aromatic rings. The predicted molar refractivity (Wildman–Crippen MR) is 82.8 cm³/mol. The average molecular weight is 276 g/mol. The molecule has 2 aromatic carbocycles. The van der Waals surface area contributed by atoms with Gasteiger partial charge in [-0.25, -0.2) is 4.68 Å². The molecule has 0 saturated heterocycles. The molecule has 21 heavy (non-hydrogen) atoms. The van der Waals surface area contributed by atoms with Crippen LogP contribution in [0.15, 0.2) is 66.9 Å². The summed E-state index contributed by atoms with van der Waals surface area (Å²) in [5.41, 5.74) is 3.70. The minimum Gasteiger partial charge on any atom is -0.292 e. The number of aromatic nitrogens is 2. The first-order chi connectivity index (χ1) is 10.2. The minimum absolute atomic E-state index is 0.0713. The first kappa shape index (κ1) is 13.3. The molecule has 0 spiro atoms. The zero-order valence-electron chi connectivity index (χ0n) is 11.9. The van der Waals surface area contributed by atoms with Gasteiger partial charge in [0.15, 0.2) is 5.78 Å². The summed E-state index contributed by atoms with van der Waals surface area (Å²) in [6.45, 7) is 2.03. The Bertz CT molecular complexity index is 760. The van der Waals surface area contributed by atoms with E-state index >= 15 is 0 Å². The van der Waals surface area contributed by atoms with Gasteiger partial charge >= 0.3 is 0 Å². The lowest BCUT2D eigenvalue weighted by molar-refractivity contribution is 0.0985. The molecular formula is C18H16N2O. The Hall–Kier alpha value is -2.68. The van der Waals surface area contributed by atoms with Crippen molar-refractivity contribution in [2.75, 3.05) is 0 Å². The summed E-state index contributed by atoms with van der Waals surface area (Å²) in [6, 6.07) is 19.5. The number of hydrogen-bond acceptors (Lipinski definition) is 2. The lowest BCUT2D eigenvalue weighted by Crippen LogP contribution is -2.11. The van der Waals surface area contributed by atoms with Crippen molar-refractivity contribution in [3.05, 3.63) is 83.7 Å². The highest BCUT2D eigenvalue weighted by Gasteiger charge is 2.13. The van der Waals surface area contributed by atoms with Gasteiger partial charge in [0.1, 0.15) is 5.69 Å². The second-order valence-electron chi connectivity index (χ2n) is 5.05. The maximum Gasteiger partial charge on any atom is 0.185 e. The second-order valence-corrected chi connectivity index (χ2v) is 5.05. The van der Waals surface area contributed by atoms with E-state index in [0.717, 1.165) is 16.8 Å². The zero-order chi connectivity index (χ0) is 14.7. The monoisotopic (exact) mass is 276 g/mol. The van der Waals surface area contributed by atoms with Crippen LogP contribution in [0.4, 0.5) is 0 Å². The van der Waals surface area contributed by atoms with E-state index in [0.29, 0.717) is 12.1 Å². The van der Waals surface area contributed by atoms with Crippen molar-refractivity contribution < 1.29 is 4.79 Å². The molecule has 3 nitrogen and oxygen atoms in total. The molecule has 0 unspecified atom stereocenters. The SMILES string of the molecule is Cc1cccc(CC(=O)c2ccnn2-c2ccccc2)c1. The van der Waals surface area contributed by atoms with Crippen molar-refractivity contribution in [2.24, 2.45) is 0 Å². The number of ketones is 1. The lowest BCUT2D eigenvalue weighted by atomic mass is 10.0. The fourth-order valence-electron chi connectivity index (χ4n) is 2.39. The largest absolute Gasteiger partial charge is 0.292 e. The Morgan fingerprint density at radius 3 is 2.62 bits per heavy atom. The normalized spacial score (nSPS) is 10.5. The summed E-state index contributed by atoms with van der Waals surface area (Å²) in [6.07, 6.45) is 2.05. The average Bonchev–Trinajstić information content (AvgIpc) is 2.98. The van der Waals surface area contributed by atoms with Crippen molar-refractivity contribution in [1.29, 1.82) is 0 Å². The van der Waals surface area contributed by atoms with E-state index in [2.05, 4.69) is 5.10 Å². The molecule has 3 heteroatoms. The van der Waals surface area contributed by atoms with Crippen LogP contribution < -0.4 is 0 Å². The van der Waals surface area contributed by atoms with Crippen molar-refractivity contribution in [2.45, 2.75) is 13.3 Å². The molecule has 0 amide bonds. The van der Waals surface area contributed by atoms with Gasteiger partial charge in [0, 0.05) is 6.42 Å². The Morgan fingerprint density at radius 2 is 1.86 bits per heavy atom. The highest BCUT2D eigenvalue weighted by molar-refractivity contribution is 5.96. The van der Waals surface area contributed by atoms with Crippen LogP contribution in [0.3, 0.4) is 0 Å². The van der Waals surface area contributed by atoms with Crippen molar-refractivity contribution in [3.8, 4) is 5.69 Å². The summed E-state index contributed by atoms with van der Waals surface area (Å²) < 4.78 is 1.69. The van der Waals surface area contributed by atoms with Gasteiger partial charge in [-0.05, 0) is 30.7 Å². The molecule has 3 rings (SSSR count). The van der Waals surface area contributed by atoms with E-state index in [-0.39, 0.29) is 5.78 Å². The first-order valence-corrected chi connectivity index (χ1v) is 6.92. The van der Waals surface area contributed by atoms with Crippen LogP contribution in [0.5, 0.6) is 0 Å². The highest BCUT2D eigenvalue weighted by Crippen LogP contribution is 2.13. The molecule has 0 aliphatic rings. The maximum absolute atomic E-state index is 12.5. The molecule has 104 valence electrons. The van der Waals surface area contributed by atoms with Gasteiger partial charge in [0.25, 0.3) is 0 Å². The number of benzene rings is 2. The van der Waals surface area contributed by atoms with Gasteiger partial charge < -0.3 is 0 Å². The lowest BCUT2D eigenvalue weighted by Gasteiger charge is -2.07. The maximum atomic E-state index is 12.5. The van der Waals surface area contributed by atoms with Crippen LogP contribution in [0.1, 0.15) is 21.6 Å². The van der Waals surface area contributed by atoms with Gasteiger partial charge in [0.2, 0.25) is 0 Å². The molecule has 0 atom stereocenters. The van der Waals surface area contributed by atoms with E-state index in [4.69, 9.17) is 0 Å². The van der Waals surface area contributed by atoms with Gasteiger partial charge in [-0.2, -0.15) is 5.10 Å². The predicted octanol–water partition coefficient (Wildman–Crippen LogP) is 3.61. The van der Waals surface area contributed by atoms with E-state index in [1.807, 2.05) is 61.5 Å². The molecule has 0 N–H and O–H groups in total. The van der Waals surface area contributed by atoms with E-state index in [9.17, 15) is 4.79 Å². The molecule has 0 radical (unpaired) electrons. The Balaban J connectivity index is 1.88. The van der Waals surface area contributed by atoms with E-state index in [1.165, 1.54) is 0 Å². The van der Waals surface area contributed by atoms with Crippen LogP contribution in [-0.2, 0) is 6.42 Å². The summed E-state index contributed by atoms with van der Waals surface area (Å²) in [4.78, 5) is 12.5. The van der Waals surface area contributed by atoms with Crippen molar-refractivity contribution in [1.82, 2.24) is 9.78 Å². The molecule has 0 aliphatic heterocycles. The molecule has 1 heterocycles. The Labute approximate surface area is 123 Å². The van der Waals surface area contributed by atoms with Crippen molar-refractivity contribution in [3.63, 3.8) is 0 Å². The topological polar surface area (TPSA) is 34.9 Å². The molecule has 0 fully saturated rings. The fraction of sp³-hybridized carbons (Fsp3) is 0.111. The third-order valence-corrected chi connectivity index (χ3v) is 3.38. The number of carbonyl (C=O) groups excluding carboxylic acids is 1. The van der Waals surface area contributed by atoms with Crippen molar-refractivity contribution >= 4 is 5.78 Å². The standard InChI is InChI=1S/C18H16N2O/c1-14-6-5-7-15(12-14)13-18(21)17-10-11-19-20(17)16-8-3-2-4-9-16/h2-12H,13H2,1H3. The number of carbonyl (C=O) groups is 1. The number of aryl methyl sites for hydroxylation is 1. The summed E-state index contributed by atoms with van der Waals surface area (Å²) in [7, 11) is 0. The molecule has 0 saturated carbocycles. The van der Waals surface area contributed by atoms with Crippen LogP contribution in [-0.4, -0.2) is 15.6 Å². The number of hydrogen-bond donors (Lipinski definition) is 0. The fourth-order valence-corrected chi connectivity index (χ4v) is 2.39. The Morgan fingerprint density at radius 1 is 1.05 bits per heavy atom. The molecule has 0 bridgehead atoms. The van der Waals surface area contributed by atoms with Gasteiger partial charge in [0.05, 0.1) is 11.9 Å². The molecule has 1 aromatic heterocycles. The smallest absolute Gasteiger partial charge is 0.185 e. The summed E-state index contributed by atoms with van der Waals surface area (Å²) in [5, 5.41) is 4.26. The van der Waals surface area contributed by atoms with Crippen LogP contribution in [0.25, 0.3) is 5.69 Å². The number of para-hydroxylation sites is 1. The van der Waals surface area contributed by atoms with E-state index < -0.39 is 0 Å². The van der Waals surface area contributed by atoms with Crippen LogP contribution >= 0.6 is 0 Å². The van der Waals surface area contributed by atoms with E-state index in [1.54, 1.807) is 16.9 Å². The summed E-state index contributed by atoms with van der Waals surface area (Å²) in [5.74, 6) is 0.0713. The first-order valence-electron chi connectivity index (χ1n) is 6.92. The number of rotatable bonds is 4. The quantitative estimate of drug-likeness (QED) is 0.682. The Kier molecular flexibility index (Phi) is 3.65. The summed E-state index contributed by atoms with van der Waals surface area (Å²) >= 11 is 0.